The quantitative estimate of drug-likeness (QED) is 0.899. The van der Waals surface area contributed by atoms with Crippen LogP contribution in [-0.2, 0) is 11.3 Å². The zero-order chi connectivity index (χ0) is 15.4. The van der Waals surface area contributed by atoms with Crippen LogP contribution in [0.5, 0.6) is 0 Å². The van der Waals surface area contributed by atoms with Crippen LogP contribution in [0.25, 0.3) is 0 Å². The molecule has 0 aliphatic rings. The monoisotopic (exact) mass is 322 g/mol. The number of benzene rings is 1. The highest BCUT2D eigenvalue weighted by Crippen LogP contribution is 2.22. The topological polar surface area (TPSA) is 32.3 Å². The molecule has 1 aromatic carbocycles. The normalized spacial score (nSPS) is 10.9. The lowest BCUT2D eigenvalue weighted by atomic mass is 10.1. The molecule has 0 aliphatic carbocycles. The maximum Gasteiger partial charge on any atom is 0.238 e. The van der Waals surface area contributed by atoms with Crippen LogP contribution in [0.15, 0.2) is 30.3 Å². The maximum absolute atomic E-state index is 12.1. The largest absolute Gasteiger partial charge is 0.325 e. The molecule has 0 fully saturated rings. The number of hydrogen-bond acceptors (Lipinski definition) is 3. The number of halogens is 1. The second kappa shape index (κ2) is 7.07. The third-order valence-electron chi connectivity index (χ3n) is 3.35. The van der Waals surface area contributed by atoms with E-state index < -0.39 is 0 Å². The second-order valence-electron chi connectivity index (χ2n) is 5.17. The minimum absolute atomic E-state index is 0.00569. The predicted molar refractivity (Wildman–Crippen MR) is 90.2 cm³/mol. The van der Waals surface area contributed by atoms with Gasteiger partial charge in [-0.25, -0.2) is 0 Å². The first-order valence-corrected chi connectivity index (χ1v) is 7.94. The van der Waals surface area contributed by atoms with Crippen LogP contribution in [0.1, 0.15) is 16.0 Å². The van der Waals surface area contributed by atoms with Gasteiger partial charge in [0.25, 0.3) is 0 Å². The van der Waals surface area contributed by atoms with Gasteiger partial charge in [0.05, 0.1) is 10.9 Å². The Bertz CT molecular complexity index is 639. The van der Waals surface area contributed by atoms with E-state index in [0.29, 0.717) is 6.54 Å². The molecule has 0 unspecified atom stereocenters. The Morgan fingerprint density at radius 1 is 1.29 bits per heavy atom. The zero-order valence-electron chi connectivity index (χ0n) is 12.4. The van der Waals surface area contributed by atoms with Crippen molar-refractivity contribution in [3.63, 3.8) is 0 Å². The summed E-state index contributed by atoms with van der Waals surface area (Å²) >= 11 is 7.45. The summed E-state index contributed by atoms with van der Waals surface area (Å²) in [4.78, 5) is 15.2. The van der Waals surface area contributed by atoms with E-state index in [1.807, 2.05) is 56.1 Å². The van der Waals surface area contributed by atoms with E-state index in [1.54, 1.807) is 11.3 Å². The number of likely N-dealkylation sites (N-methyl/N-ethyl adjacent to an activating group) is 1. The Hall–Kier alpha value is -1.36. The lowest BCUT2D eigenvalue weighted by Crippen LogP contribution is -2.29. The molecule has 0 saturated heterocycles. The summed E-state index contributed by atoms with van der Waals surface area (Å²) in [7, 11) is 1.93. The molecule has 0 saturated carbocycles. The summed E-state index contributed by atoms with van der Waals surface area (Å²) in [6.45, 7) is 5.13. The molecule has 0 spiro atoms. The molecule has 0 bridgehead atoms. The van der Waals surface area contributed by atoms with Gasteiger partial charge in [-0.1, -0.05) is 23.7 Å². The number of thiophene rings is 1. The summed E-state index contributed by atoms with van der Waals surface area (Å²) in [6.07, 6.45) is 0. The van der Waals surface area contributed by atoms with Crippen molar-refractivity contribution >= 4 is 34.5 Å². The zero-order valence-corrected chi connectivity index (χ0v) is 14.0. The van der Waals surface area contributed by atoms with Crippen molar-refractivity contribution in [3.05, 3.63) is 50.7 Å². The lowest BCUT2D eigenvalue weighted by molar-refractivity contribution is -0.117. The molecular formula is C16H19ClN2OS. The summed E-state index contributed by atoms with van der Waals surface area (Å²) in [5.41, 5.74) is 3.17. The number of nitrogens with one attached hydrogen (secondary N) is 1. The number of amides is 1. The third kappa shape index (κ3) is 4.56. The van der Waals surface area contributed by atoms with Crippen molar-refractivity contribution in [3.8, 4) is 0 Å². The lowest BCUT2D eigenvalue weighted by Gasteiger charge is -2.16. The summed E-state index contributed by atoms with van der Waals surface area (Å²) in [5.74, 6) is -0.00569. The van der Waals surface area contributed by atoms with E-state index >= 15 is 0 Å². The SMILES string of the molecule is Cc1cccc(NC(=O)CN(C)Cc2ccc(Cl)s2)c1C. The van der Waals surface area contributed by atoms with Gasteiger partial charge in [0.2, 0.25) is 5.91 Å². The number of carbonyl (C=O) groups is 1. The van der Waals surface area contributed by atoms with Gasteiger partial charge < -0.3 is 5.32 Å². The van der Waals surface area contributed by atoms with Gasteiger partial charge in [-0.3, -0.25) is 9.69 Å². The van der Waals surface area contributed by atoms with Crippen molar-refractivity contribution in [2.75, 3.05) is 18.9 Å². The molecule has 3 nitrogen and oxygen atoms in total. The highest BCUT2D eigenvalue weighted by Gasteiger charge is 2.10. The second-order valence-corrected chi connectivity index (χ2v) is 6.97. The van der Waals surface area contributed by atoms with Crippen LogP contribution < -0.4 is 5.32 Å². The fraction of sp³-hybridized carbons (Fsp3) is 0.312. The molecular weight excluding hydrogens is 304 g/mol. The number of anilines is 1. The van der Waals surface area contributed by atoms with E-state index in [2.05, 4.69) is 5.32 Å². The fourth-order valence-electron chi connectivity index (χ4n) is 2.08. The molecule has 1 N–H and O–H groups in total. The smallest absolute Gasteiger partial charge is 0.238 e. The van der Waals surface area contributed by atoms with Gasteiger partial charge in [-0.05, 0) is 50.2 Å². The summed E-state index contributed by atoms with van der Waals surface area (Å²) < 4.78 is 0.776. The van der Waals surface area contributed by atoms with Crippen LogP contribution in [0, 0.1) is 13.8 Å². The minimum atomic E-state index is -0.00569. The molecule has 0 atom stereocenters. The number of nitrogens with zero attached hydrogens (tertiary/aromatic N) is 1. The standard InChI is InChI=1S/C16H19ClN2OS/c1-11-5-4-6-14(12(11)2)18-16(20)10-19(3)9-13-7-8-15(17)21-13/h4-8H,9-10H2,1-3H3,(H,18,20). The molecule has 0 aliphatic heterocycles. The highest BCUT2D eigenvalue weighted by atomic mass is 35.5. The molecule has 112 valence electrons. The van der Waals surface area contributed by atoms with Gasteiger partial charge in [0.15, 0.2) is 0 Å². The Morgan fingerprint density at radius 2 is 2.05 bits per heavy atom. The van der Waals surface area contributed by atoms with Crippen molar-refractivity contribution < 1.29 is 4.79 Å². The number of hydrogen-bond donors (Lipinski definition) is 1. The van der Waals surface area contributed by atoms with E-state index in [0.717, 1.165) is 27.0 Å². The minimum Gasteiger partial charge on any atom is -0.325 e. The van der Waals surface area contributed by atoms with Crippen molar-refractivity contribution in [2.45, 2.75) is 20.4 Å². The van der Waals surface area contributed by atoms with Crippen molar-refractivity contribution in [1.29, 1.82) is 0 Å². The van der Waals surface area contributed by atoms with E-state index in [-0.39, 0.29) is 5.91 Å². The summed E-state index contributed by atoms with van der Waals surface area (Å²) in [5, 5.41) is 2.97. The van der Waals surface area contributed by atoms with E-state index in [4.69, 9.17) is 11.6 Å². The van der Waals surface area contributed by atoms with Crippen LogP contribution >= 0.6 is 22.9 Å². The van der Waals surface area contributed by atoms with Crippen LogP contribution in [0.3, 0.4) is 0 Å². The summed E-state index contributed by atoms with van der Waals surface area (Å²) in [6, 6.07) is 9.80. The molecule has 1 aromatic heterocycles. The van der Waals surface area contributed by atoms with Crippen molar-refractivity contribution in [2.24, 2.45) is 0 Å². The Kier molecular flexibility index (Phi) is 5.39. The number of carbonyl (C=O) groups excluding carboxylic acids is 1. The van der Waals surface area contributed by atoms with Crippen molar-refractivity contribution in [1.82, 2.24) is 4.90 Å². The molecule has 0 radical (unpaired) electrons. The Balaban J connectivity index is 1.90. The van der Waals surface area contributed by atoms with Gasteiger partial charge in [0, 0.05) is 17.1 Å². The molecule has 21 heavy (non-hydrogen) atoms. The molecule has 5 heteroatoms. The van der Waals surface area contributed by atoms with Crippen LogP contribution in [0.4, 0.5) is 5.69 Å². The van der Waals surface area contributed by atoms with Gasteiger partial charge in [-0.15, -0.1) is 11.3 Å². The fourth-order valence-corrected chi connectivity index (χ4v) is 3.25. The molecule has 1 heterocycles. The predicted octanol–water partition coefficient (Wildman–Crippen LogP) is 4.09. The Morgan fingerprint density at radius 3 is 2.71 bits per heavy atom. The first-order valence-electron chi connectivity index (χ1n) is 6.74. The van der Waals surface area contributed by atoms with Gasteiger partial charge >= 0.3 is 0 Å². The van der Waals surface area contributed by atoms with E-state index in [1.165, 1.54) is 5.56 Å². The highest BCUT2D eigenvalue weighted by molar-refractivity contribution is 7.16. The van der Waals surface area contributed by atoms with E-state index in [9.17, 15) is 4.79 Å². The Labute approximate surface area is 134 Å². The molecule has 2 rings (SSSR count). The van der Waals surface area contributed by atoms with Gasteiger partial charge in [-0.2, -0.15) is 0 Å². The molecule has 2 aromatic rings. The average molecular weight is 323 g/mol. The number of rotatable bonds is 5. The van der Waals surface area contributed by atoms with Crippen LogP contribution in [0.2, 0.25) is 4.34 Å². The van der Waals surface area contributed by atoms with Crippen LogP contribution in [-0.4, -0.2) is 24.4 Å². The average Bonchev–Trinajstić information content (AvgIpc) is 2.80. The number of aryl methyl sites for hydroxylation is 1. The third-order valence-corrected chi connectivity index (χ3v) is 4.56. The maximum atomic E-state index is 12.1. The van der Waals surface area contributed by atoms with Gasteiger partial charge in [0.1, 0.15) is 0 Å². The first-order chi connectivity index (χ1) is 9.95. The first kappa shape index (κ1) is 16.0. The molecule has 1 amide bonds.